The number of unbranched alkanes of at least 4 members (excludes halogenated alkanes) is 1. The average molecular weight is 761 g/mol. The number of nitrogens with two attached hydrogens (primary N) is 1. The van der Waals surface area contributed by atoms with Crippen molar-refractivity contribution < 1.29 is 38.0 Å². The van der Waals surface area contributed by atoms with Crippen LogP contribution in [0.5, 0.6) is 46.0 Å². The highest BCUT2D eigenvalue weighted by Gasteiger charge is 2.15. The fourth-order valence-corrected chi connectivity index (χ4v) is 5.80. The molecule has 0 spiro atoms. The molecular formula is C44H48N4O8. The molecule has 0 saturated carbocycles. The topological polar surface area (TPSA) is 146 Å². The van der Waals surface area contributed by atoms with Crippen LogP contribution in [-0.2, 0) is 4.74 Å². The Morgan fingerprint density at radius 2 is 1.12 bits per heavy atom. The minimum Gasteiger partial charge on any atom is -0.493 e. The van der Waals surface area contributed by atoms with E-state index in [2.05, 4.69) is 21.9 Å². The lowest BCUT2D eigenvalue weighted by atomic mass is 10.1. The number of amides is 1. The van der Waals surface area contributed by atoms with Crippen LogP contribution < -0.4 is 39.5 Å². The number of rotatable bonds is 13. The highest BCUT2D eigenvalue weighted by Crippen LogP contribution is 2.40. The molecule has 12 heteroatoms. The van der Waals surface area contributed by atoms with E-state index in [1.165, 1.54) is 0 Å². The maximum absolute atomic E-state index is 12.1. The predicted molar refractivity (Wildman–Crippen MR) is 220 cm³/mol. The number of pyridine rings is 2. The van der Waals surface area contributed by atoms with Crippen molar-refractivity contribution in [2.75, 3.05) is 46.1 Å². The molecule has 2 aromatic heterocycles. The first kappa shape index (κ1) is 40.5. The summed E-state index contributed by atoms with van der Waals surface area (Å²) in [6.07, 6.45) is 6.27. The number of ether oxygens (including phenoxy) is 7. The van der Waals surface area contributed by atoms with E-state index in [0.717, 1.165) is 68.3 Å². The first-order chi connectivity index (χ1) is 27.0. The molecule has 0 bridgehead atoms. The van der Waals surface area contributed by atoms with Crippen molar-refractivity contribution in [1.82, 2.24) is 9.97 Å². The number of nitrogen functional groups attached to an aromatic ring is 1. The third kappa shape index (κ3) is 9.51. The number of carbonyl (C=O) groups is 1. The summed E-state index contributed by atoms with van der Waals surface area (Å²) >= 11 is 0. The van der Waals surface area contributed by atoms with Crippen LogP contribution in [0.4, 0.5) is 16.2 Å². The molecule has 6 rings (SSSR count). The highest BCUT2D eigenvalue weighted by atomic mass is 16.5. The van der Waals surface area contributed by atoms with Gasteiger partial charge in [0.2, 0.25) is 0 Å². The number of hydrogen-bond donors (Lipinski definition) is 2. The van der Waals surface area contributed by atoms with Gasteiger partial charge in [-0.05, 0) is 111 Å². The maximum Gasteiger partial charge on any atom is 0.411 e. The zero-order chi connectivity index (χ0) is 40.4. The second-order valence-corrected chi connectivity index (χ2v) is 12.9. The third-order valence-electron chi connectivity index (χ3n) is 8.96. The minimum atomic E-state index is -0.480. The van der Waals surface area contributed by atoms with Gasteiger partial charge in [-0.3, -0.25) is 15.3 Å². The summed E-state index contributed by atoms with van der Waals surface area (Å²) in [4.78, 5) is 20.8. The molecule has 0 aliphatic heterocycles. The molecule has 0 aliphatic rings. The summed E-state index contributed by atoms with van der Waals surface area (Å²) in [5.74, 6) is 5.25. The Hall–Kier alpha value is -6.69. The third-order valence-corrected chi connectivity index (χ3v) is 8.96. The standard InChI is InChI=1S/C25H28N2O5.C19H20N2O3/c1-6-7-8-11-31-25(28)27-19-12-17(3)22(13-16(19)2)32-21-9-10-26-20-15-24(30-5)23(29-4)14-18(20)21;1-11-8-17(12(2)7-14(11)20)24-16-5-6-21-15-10-19(23-4)18(22-3)9-13(15)16/h6,9-10,12-15H,1,7-8,11H2,2-5H3,(H,27,28);5-10H,20H2,1-4H3. The monoisotopic (exact) mass is 760 g/mol. The summed E-state index contributed by atoms with van der Waals surface area (Å²) in [5.41, 5.74) is 12.6. The normalized spacial score (nSPS) is 10.6. The first-order valence-corrected chi connectivity index (χ1v) is 17.9. The lowest BCUT2D eigenvalue weighted by Crippen LogP contribution is -2.15. The van der Waals surface area contributed by atoms with Crippen LogP contribution in [0.15, 0.2) is 85.7 Å². The molecule has 0 fully saturated rings. The Balaban J connectivity index is 0.000000223. The Morgan fingerprint density at radius 3 is 1.62 bits per heavy atom. The number of fused-ring (bicyclic) bond motifs is 2. The van der Waals surface area contributed by atoms with Gasteiger partial charge in [0.25, 0.3) is 0 Å². The SMILES string of the molecule is C=CCCCOC(=O)Nc1cc(C)c(Oc2ccnc3cc(OC)c(OC)cc23)cc1C.COc1cc2nccc(Oc3cc(C)c(N)cc3C)c2cc1OC. The van der Waals surface area contributed by atoms with Crippen LogP contribution in [0.2, 0.25) is 0 Å². The average Bonchev–Trinajstić information content (AvgIpc) is 3.19. The number of hydrogen-bond acceptors (Lipinski definition) is 11. The van der Waals surface area contributed by atoms with Gasteiger partial charge in [0.1, 0.15) is 23.0 Å². The lowest BCUT2D eigenvalue weighted by Gasteiger charge is -2.16. The van der Waals surface area contributed by atoms with Crippen molar-refractivity contribution in [2.45, 2.75) is 40.5 Å². The molecule has 12 nitrogen and oxygen atoms in total. The van der Waals surface area contributed by atoms with Crippen molar-refractivity contribution in [1.29, 1.82) is 0 Å². The van der Waals surface area contributed by atoms with E-state index in [4.69, 9.17) is 38.9 Å². The molecule has 292 valence electrons. The number of aryl methyl sites for hydroxylation is 4. The number of methoxy groups -OCH3 is 4. The summed E-state index contributed by atoms with van der Waals surface area (Å²) < 4.78 is 39.1. The second-order valence-electron chi connectivity index (χ2n) is 12.9. The summed E-state index contributed by atoms with van der Waals surface area (Å²) in [6.45, 7) is 11.8. The molecule has 1 amide bonds. The van der Waals surface area contributed by atoms with Crippen LogP contribution in [-0.4, -0.2) is 51.1 Å². The van der Waals surface area contributed by atoms with E-state index in [-0.39, 0.29) is 0 Å². The zero-order valence-electron chi connectivity index (χ0n) is 33.1. The number of aromatic nitrogens is 2. The van der Waals surface area contributed by atoms with E-state index >= 15 is 0 Å². The number of nitrogens with one attached hydrogen (secondary N) is 1. The van der Waals surface area contributed by atoms with E-state index < -0.39 is 6.09 Å². The van der Waals surface area contributed by atoms with Crippen LogP contribution >= 0.6 is 0 Å². The Kier molecular flexibility index (Phi) is 13.4. The largest absolute Gasteiger partial charge is 0.493 e. The van der Waals surface area contributed by atoms with Gasteiger partial charge in [0, 0.05) is 46.7 Å². The van der Waals surface area contributed by atoms with Crippen molar-refractivity contribution in [3.63, 3.8) is 0 Å². The molecular weight excluding hydrogens is 713 g/mol. The highest BCUT2D eigenvalue weighted by molar-refractivity contribution is 5.90. The molecule has 2 heterocycles. The number of carbonyl (C=O) groups excluding carboxylic acids is 1. The van der Waals surface area contributed by atoms with Crippen LogP contribution in [0.1, 0.15) is 35.1 Å². The molecule has 4 aromatic carbocycles. The van der Waals surface area contributed by atoms with E-state index in [1.807, 2.05) is 82.3 Å². The Labute approximate surface area is 327 Å². The van der Waals surface area contributed by atoms with Crippen molar-refractivity contribution in [2.24, 2.45) is 0 Å². The van der Waals surface area contributed by atoms with Gasteiger partial charge in [-0.1, -0.05) is 6.08 Å². The fourth-order valence-electron chi connectivity index (χ4n) is 5.80. The summed E-state index contributed by atoms with van der Waals surface area (Å²) in [6, 6.07) is 18.6. The molecule has 0 aliphatic carbocycles. The van der Waals surface area contributed by atoms with Gasteiger partial charge in [-0.25, -0.2) is 4.79 Å². The quantitative estimate of drug-likeness (QED) is 0.0659. The zero-order valence-corrected chi connectivity index (χ0v) is 33.1. The van der Waals surface area contributed by atoms with Crippen LogP contribution in [0.3, 0.4) is 0 Å². The smallest absolute Gasteiger partial charge is 0.411 e. The van der Waals surface area contributed by atoms with E-state index in [1.54, 1.807) is 53.0 Å². The maximum atomic E-state index is 12.1. The summed E-state index contributed by atoms with van der Waals surface area (Å²) in [5, 5.41) is 4.44. The van der Waals surface area contributed by atoms with E-state index in [9.17, 15) is 4.79 Å². The fraction of sp³-hybridized carbons (Fsp3) is 0.250. The second kappa shape index (κ2) is 18.6. The lowest BCUT2D eigenvalue weighted by molar-refractivity contribution is 0.160. The predicted octanol–water partition coefficient (Wildman–Crippen LogP) is 10.4. The molecule has 3 N–H and O–H groups in total. The van der Waals surface area contributed by atoms with E-state index in [0.29, 0.717) is 52.5 Å². The Bertz CT molecular complexity index is 2360. The van der Waals surface area contributed by atoms with Gasteiger partial charge >= 0.3 is 6.09 Å². The molecule has 0 unspecified atom stereocenters. The molecule has 0 radical (unpaired) electrons. The molecule has 6 aromatic rings. The first-order valence-electron chi connectivity index (χ1n) is 17.9. The number of anilines is 2. The molecule has 0 saturated heterocycles. The number of benzene rings is 4. The minimum absolute atomic E-state index is 0.348. The van der Waals surface area contributed by atoms with Gasteiger partial charge in [0.05, 0.1) is 46.1 Å². The van der Waals surface area contributed by atoms with Gasteiger partial charge in [-0.15, -0.1) is 6.58 Å². The molecule has 56 heavy (non-hydrogen) atoms. The van der Waals surface area contributed by atoms with Crippen LogP contribution in [0, 0.1) is 27.7 Å². The van der Waals surface area contributed by atoms with Crippen molar-refractivity contribution in [3.8, 4) is 46.0 Å². The number of allylic oxidation sites excluding steroid dienone is 1. The van der Waals surface area contributed by atoms with Crippen molar-refractivity contribution in [3.05, 3.63) is 108 Å². The van der Waals surface area contributed by atoms with Gasteiger partial charge < -0.3 is 38.9 Å². The number of nitrogens with zero attached hydrogens (tertiary/aromatic N) is 2. The van der Waals surface area contributed by atoms with Gasteiger partial charge in [-0.2, -0.15) is 0 Å². The van der Waals surface area contributed by atoms with Crippen molar-refractivity contribution >= 4 is 39.3 Å². The van der Waals surface area contributed by atoms with Gasteiger partial charge in [0.15, 0.2) is 23.0 Å². The summed E-state index contributed by atoms with van der Waals surface area (Å²) in [7, 11) is 6.38. The Morgan fingerprint density at radius 1 is 0.643 bits per heavy atom. The van der Waals surface area contributed by atoms with Crippen LogP contribution in [0.25, 0.3) is 21.8 Å². The molecule has 0 atom stereocenters.